The maximum atomic E-state index is 13.1. The largest absolute Gasteiger partial charge is 0.342 e. The van der Waals surface area contributed by atoms with E-state index >= 15 is 0 Å². The fourth-order valence-electron chi connectivity index (χ4n) is 2.73. The molecular formula is C17H15ClFNO. The molecule has 2 aromatic carbocycles. The van der Waals surface area contributed by atoms with Crippen LogP contribution in [-0.4, -0.2) is 5.91 Å². The van der Waals surface area contributed by atoms with Gasteiger partial charge in [0.15, 0.2) is 0 Å². The van der Waals surface area contributed by atoms with Crippen LogP contribution in [0, 0.1) is 5.82 Å². The fourth-order valence-corrected chi connectivity index (χ4v) is 2.98. The third-order valence-electron chi connectivity index (χ3n) is 4.06. The van der Waals surface area contributed by atoms with Gasteiger partial charge in [-0.2, -0.15) is 0 Å². The minimum absolute atomic E-state index is 0.134. The van der Waals surface area contributed by atoms with Crippen LogP contribution in [-0.2, 0) is 5.54 Å². The summed E-state index contributed by atoms with van der Waals surface area (Å²) >= 11 is 5.96. The van der Waals surface area contributed by atoms with Crippen LogP contribution in [0.25, 0.3) is 0 Å². The van der Waals surface area contributed by atoms with Crippen molar-refractivity contribution >= 4 is 17.5 Å². The first-order chi connectivity index (χ1) is 10.1. The lowest BCUT2D eigenvalue weighted by Gasteiger charge is -2.43. The maximum Gasteiger partial charge on any atom is 0.253 e. The zero-order valence-corrected chi connectivity index (χ0v) is 12.2. The summed E-state index contributed by atoms with van der Waals surface area (Å²) in [5, 5.41) is 3.21. The zero-order valence-electron chi connectivity index (χ0n) is 11.4. The molecule has 0 atom stereocenters. The lowest BCUT2D eigenvalue weighted by molar-refractivity contribution is 0.0823. The Kier molecular flexibility index (Phi) is 3.68. The Labute approximate surface area is 127 Å². The molecule has 1 amide bonds. The second-order valence-corrected chi connectivity index (χ2v) is 5.79. The summed E-state index contributed by atoms with van der Waals surface area (Å²) in [6.07, 6.45) is 2.88. The Morgan fingerprint density at radius 2 is 1.86 bits per heavy atom. The summed E-state index contributed by atoms with van der Waals surface area (Å²) < 4.78 is 13.1. The number of amides is 1. The van der Waals surface area contributed by atoms with Gasteiger partial charge < -0.3 is 5.32 Å². The monoisotopic (exact) mass is 303 g/mol. The van der Waals surface area contributed by atoms with Crippen LogP contribution in [0.1, 0.15) is 35.2 Å². The lowest BCUT2D eigenvalue weighted by Crippen LogP contribution is -2.50. The molecule has 2 aromatic rings. The molecule has 1 fully saturated rings. The highest BCUT2D eigenvalue weighted by atomic mass is 35.5. The van der Waals surface area contributed by atoms with Gasteiger partial charge >= 0.3 is 0 Å². The molecule has 0 heterocycles. The second kappa shape index (κ2) is 5.49. The molecule has 0 bridgehead atoms. The van der Waals surface area contributed by atoms with E-state index in [1.807, 2.05) is 30.3 Å². The van der Waals surface area contributed by atoms with Gasteiger partial charge in [-0.3, -0.25) is 4.79 Å². The van der Waals surface area contributed by atoms with Crippen molar-refractivity contribution in [3.05, 3.63) is 70.5 Å². The van der Waals surface area contributed by atoms with Gasteiger partial charge in [0.1, 0.15) is 5.82 Å². The third-order valence-corrected chi connectivity index (χ3v) is 4.37. The molecule has 0 radical (unpaired) electrons. The van der Waals surface area contributed by atoms with Crippen molar-refractivity contribution in [3.63, 3.8) is 0 Å². The number of carbonyl (C=O) groups is 1. The van der Waals surface area contributed by atoms with Crippen LogP contribution in [0.2, 0.25) is 5.02 Å². The van der Waals surface area contributed by atoms with Crippen molar-refractivity contribution in [1.29, 1.82) is 0 Å². The average molecular weight is 304 g/mol. The normalized spacial score (nSPS) is 16.1. The molecule has 1 saturated carbocycles. The summed E-state index contributed by atoms with van der Waals surface area (Å²) in [6.45, 7) is 0. The first-order valence-corrected chi connectivity index (χ1v) is 7.32. The van der Waals surface area contributed by atoms with Gasteiger partial charge in [-0.05, 0) is 43.0 Å². The highest BCUT2D eigenvalue weighted by Gasteiger charge is 2.40. The van der Waals surface area contributed by atoms with Gasteiger partial charge in [0.2, 0.25) is 0 Å². The van der Waals surface area contributed by atoms with E-state index in [0.717, 1.165) is 30.9 Å². The van der Waals surface area contributed by atoms with Crippen LogP contribution in [0.4, 0.5) is 4.39 Å². The molecule has 1 aliphatic carbocycles. The number of nitrogens with one attached hydrogen (secondary N) is 1. The zero-order chi connectivity index (χ0) is 14.9. The fraction of sp³-hybridized carbons (Fsp3) is 0.235. The van der Waals surface area contributed by atoms with Crippen molar-refractivity contribution in [1.82, 2.24) is 5.32 Å². The topological polar surface area (TPSA) is 29.1 Å². The molecule has 108 valence electrons. The van der Waals surface area contributed by atoms with Crippen LogP contribution in [0.15, 0.2) is 48.5 Å². The summed E-state index contributed by atoms with van der Waals surface area (Å²) in [7, 11) is 0. The van der Waals surface area contributed by atoms with Gasteiger partial charge in [-0.25, -0.2) is 4.39 Å². The van der Waals surface area contributed by atoms with E-state index in [0.29, 0.717) is 5.56 Å². The number of carbonyl (C=O) groups excluding carboxylic acids is 1. The van der Waals surface area contributed by atoms with E-state index in [9.17, 15) is 9.18 Å². The van der Waals surface area contributed by atoms with E-state index < -0.39 is 5.82 Å². The van der Waals surface area contributed by atoms with Crippen molar-refractivity contribution in [2.24, 2.45) is 0 Å². The number of halogens is 2. The number of hydrogen-bond donors (Lipinski definition) is 1. The maximum absolute atomic E-state index is 13.1. The second-order valence-electron chi connectivity index (χ2n) is 5.38. The van der Waals surface area contributed by atoms with Gasteiger partial charge in [0.05, 0.1) is 16.1 Å². The van der Waals surface area contributed by atoms with Crippen LogP contribution in [0.3, 0.4) is 0 Å². The van der Waals surface area contributed by atoms with E-state index in [2.05, 4.69) is 5.32 Å². The van der Waals surface area contributed by atoms with Gasteiger partial charge in [0.25, 0.3) is 5.91 Å². The van der Waals surface area contributed by atoms with E-state index in [4.69, 9.17) is 11.6 Å². The average Bonchev–Trinajstić information content (AvgIpc) is 2.43. The third kappa shape index (κ3) is 2.66. The molecule has 21 heavy (non-hydrogen) atoms. The Morgan fingerprint density at radius 3 is 2.43 bits per heavy atom. The van der Waals surface area contributed by atoms with E-state index in [1.165, 1.54) is 12.1 Å². The lowest BCUT2D eigenvalue weighted by atomic mass is 9.71. The summed E-state index contributed by atoms with van der Waals surface area (Å²) in [5.41, 5.74) is 1.08. The summed E-state index contributed by atoms with van der Waals surface area (Å²) in [4.78, 5) is 12.4. The minimum atomic E-state index is -0.446. The van der Waals surface area contributed by atoms with Gasteiger partial charge in [-0.1, -0.05) is 41.9 Å². The molecule has 1 aliphatic rings. The molecule has 0 saturated heterocycles. The highest BCUT2D eigenvalue weighted by Crippen LogP contribution is 2.41. The highest BCUT2D eigenvalue weighted by molar-refractivity contribution is 6.33. The Balaban J connectivity index is 1.86. The standard InChI is InChI=1S/C17H15ClFNO/c18-15-11-13(19)7-8-14(15)16(21)20-17(9-4-10-17)12-5-2-1-3-6-12/h1-3,5-8,11H,4,9-10H2,(H,20,21). The number of hydrogen-bond acceptors (Lipinski definition) is 1. The quantitative estimate of drug-likeness (QED) is 0.900. The van der Waals surface area contributed by atoms with Crippen LogP contribution >= 0.6 is 11.6 Å². The van der Waals surface area contributed by atoms with Crippen molar-refractivity contribution in [3.8, 4) is 0 Å². The molecule has 2 nitrogen and oxygen atoms in total. The molecule has 0 aromatic heterocycles. The summed E-state index contributed by atoms with van der Waals surface area (Å²) in [5.74, 6) is -0.707. The van der Waals surface area contributed by atoms with Crippen molar-refractivity contribution in [2.75, 3.05) is 0 Å². The van der Waals surface area contributed by atoms with E-state index in [1.54, 1.807) is 0 Å². The molecule has 4 heteroatoms. The predicted octanol–water partition coefficient (Wildman–Crippen LogP) is 4.29. The smallest absolute Gasteiger partial charge is 0.253 e. The first-order valence-electron chi connectivity index (χ1n) is 6.94. The van der Waals surface area contributed by atoms with Gasteiger partial charge in [-0.15, -0.1) is 0 Å². The molecule has 0 unspecified atom stereocenters. The Hall–Kier alpha value is -1.87. The van der Waals surface area contributed by atoms with Crippen molar-refractivity contribution < 1.29 is 9.18 Å². The number of benzene rings is 2. The predicted molar refractivity (Wildman–Crippen MR) is 80.8 cm³/mol. The molecule has 0 aliphatic heterocycles. The van der Waals surface area contributed by atoms with Crippen molar-refractivity contribution in [2.45, 2.75) is 24.8 Å². The first kappa shape index (κ1) is 14.1. The van der Waals surface area contributed by atoms with E-state index in [-0.39, 0.29) is 16.5 Å². The Bertz CT molecular complexity index is 668. The minimum Gasteiger partial charge on any atom is -0.342 e. The van der Waals surface area contributed by atoms with Crippen LogP contribution < -0.4 is 5.32 Å². The molecule has 3 rings (SSSR count). The van der Waals surface area contributed by atoms with Crippen LogP contribution in [0.5, 0.6) is 0 Å². The molecule has 1 N–H and O–H groups in total. The van der Waals surface area contributed by atoms with Gasteiger partial charge in [0, 0.05) is 0 Å². The Morgan fingerprint density at radius 1 is 1.14 bits per heavy atom. The number of rotatable bonds is 3. The molecule has 0 spiro atoms. The SMILES string of the molecule is O=C(NC1(c2ccccc2)CCC1)c1ccc(F)cc1Cl. The molecular weight excluding hydrogens is 289 g/mol. The summed E-state index contributed by atoms with van der Waals surface area (Å²) in [6, 6.07) is 13.7.